The summed E-state index contributed by atoms with van der Waals surface area (Å²) in [6, 6.07) is 5.13. The van der Waals surface area contributed by atoms with Crippen molar-refractivity contribution in [3.05, 3.63) is 35.3 Å². The van der Waals surface area contributed by atoms with Gasteiger partial charge in [-0.3, -0.25) is 9.59 Å². The highest BCUT2D eigenvalue weighted by Crippen LogP contribution is 2.53. The number of halogens is 1. The molecule has 1 aromatic carbocycles. The van der Waals surface area contributed by atoms with E-state index < -0.39 is 36.4 Å². The number of nitrogens with one attached hydrogen (secondary N) is 1. The number of aliphatic carboxylic acids is 3. The van der Waals surface area contributed by atoms with Gasteiger partial charge in [0.25, 0.3) is 0 Å². The monoisotopic (exact) mass is 576 g/mol. The second-order valence-corrected chi connectivity index (χ2v) is 12.1. The third kappa shape index (κ3) is 6.27. The van der Waals surface area contributed by atoms with Crippen LogP contribution in [0.3, 0.4) is 0 Å². The van der Waals surface area contributed by atoms with Gasteiger partial charge in [-0.05, 0) is 88.7 Å². The van der Waals surface area contributed by atoms with E-state index >= 15 is 0 Å². The maximum absolute atomic E-state index is 13.9. The number of hydrogen-bond acceptors (Lipinski definition) is 6. The van der Waals surface area contributed by atoms with E-state index in [1.54, 1.807) is 12.1 Å². The van der Waals surface area contributed by atoms with E-state index in [4.69, 9.17) is 25.2 Å². The van der Waals surface area contributed by atoms with Crippen molar-refractivity contribution in [2.24, 2.45) is 5.92 Å². The molecule has 1 aromatic heterocycles. The Morgan fingerprint density at radius 3 is 2.17 bits per heavy atom. The standard InChI is InChI=1S/C24H33FN2O.C6H8O7/c1-27(2)23(17-6-4-3-5-7-17)11-13-24(14-12-23)22-19(10-15-28-24)20-16-18(25)8-9-21(20)26-22;7-3(8)1-6(13,5(11)12)2-4(9)10/h8-9,16-17,26H,3-7,10-15H2,1-2H3;13H,1-2H2,(H,7,8)(H,9,10)(H,11,12). The van der Waals surface area contributed by atoms with Crippen molar-refractivity contribution in [3.63, 3.8) is 0 Å². The van der Waals surface area contributed by atoms with Gasteiger partial charge in [-0.1, -0.05) is 19.3 Å². The summed E-state index contributed by atoms with van der Waals surface area (Å²) in [5, 5.41) is 34.9. The number of carboxylic acid groups (broad SMARTS) is 3. The van der Waals surface area contributed by atoms with E-state index in [0.717, 1.165) is 42.7 Å². The molecule has 2 aliphatic carbocycles. The number of H-pyrrole nitrogens is 1. The molecule has 1 aliphatic heterocycles. The third-order valence-electron chi connectivity index (χ3n) is 9.52. The molecule has 0 unspecified atom stereocenters. The van der Waals surface area contributed by atoms with Crippen LogP contribution in [-0.4, -0.2) is 80.1 Å². The van der Waals surface area contributed by atoms with Crippen LogP contribution in [0.15, 0.2) is 18.2 Å². The molecule has 2 heterocycles. The molecule has 5 N–H and O–H groups in total. The summed E-state index contributed by atoms with van der Waals surface area (Å²) in [7, 11) is 4.57. The average molecular weight is 577 g/mol. The van der Waals surface area contributed by atoms with Gasteiger partial charge < -0.3 is 35.0 Å². The van der Waals surface area contributed by atoms with Crippen molar-refractivity contribution in [1.29, 1.82) is 0 Å². The Hall–Kier alpha value is -3.02. The van der Waals surface area contributed by atoms with E-state index in [2.05, 4.69) is 24.0 Å². The van der Waals surface area contributed by atoms with Crippen LogP contribution in [-0.2, 0) is 31.1 Å². The Morgan fingerprint density at radius 1 is 1.02 bits per heavy atom. The summed E-state index contributed by atoms with van der Waals surface area (Å²) in [5.74, 6) is -4.36. The molecule has 3 aliphatic rings. The molecule has 10 nitrogen and oxygen atoms in total. The first-order valence-electron chi connectivity index (χ1n) is 14.3. The molecule has 226 valence electrons. The smallest absolute Gasteiger partial charge is 0.336 e. The summed E-state index contributed by atoms with van der Waals surface area (Å²) >= 11 is 0. The number of aliphatic hydroxyl groups is 1. The first-order valence-corrected chi connectivity index (χ1v) is 14.3. The molecule has 1 spiro atoms. The lowest BCUT2D eigenvalue weighted by molar-refractivity contribution is -0.170. The Kier molecular flexibility index (Phi) is 9.10. The molecule has 2 fully saturated rings. The lowest BCUT2D eigenvalue weighted by atomic mass is 9.62. The zero-order valence-electron chi connectivity index (χ0n) is 23.7. The van der Waals surface area contributed by atoms with Crippen molar-refractivity contribution in [3.8, 4) is 0 Å². The minimum absolute atomic E-state index is 0.151. The maximum atomic E-state index is 13.9. The summed E-state index contributed by atoms with van der Waals surface area (Å²) < 4.78 is 20.4. The number of carbonyl (C=O) groups is 3. The molecule has 0 atom stereocenters. The SMILES string of the molecule is CN(C)C1(C2CCCCC2)CCC2(CC1)OCCc1c2[nH]c2ccc(F)cc12.O=C(O)CC(O)(CC(=O)O)C(=O)O. The number of aromatic amines is 1. The average Bonchev–Trinajstić information content (AvgIpc) is 3.28. The highest BCUT2D eigenvalue weighted by Gasteiger charge is 2.51. The molecular weight excluding hydrogens is 535 g/mol. The van der Waals surface area contributed by atoms with Gasteiger partial charge >= 0.3 is 17.9 Å². The molecule has 0 bridgehead atoms. The fraction of sp³-hybridized carbons (Fsp3) is 0.633. The summed E-state index contributed by atoms with van der Waals surface area (Å²) in [6.07, 6.45) is 10.0. The van der Waals surface area contributed by atoms with Crippen molar-refractivity contribution < 1.29 is 43.9 Å². The van der Waals surface area contributed by atoms with Gasteiger partial charge in [-0.15, -0.1) is 0 Å². The fourth-order valence-electron chi connectivity index (χ4n) is 7.34. The Morgan fingerprint density at radius 2 is 1.63 bits per heavy atom. The molecule has 2 saturated carbocycles. The van der Waals surface area contributed by atoms with Gasteiger partial charge in [-0.25, -0.2) is 9.18 Å². The van der Waals surface area contributed by atoms with E-state index in [0.29, 0.717) is 5.54 Å². The largest absolute Gasteiger partial charge is 0.481 e. The minimum Gasteiger partial charge on any atom is -0.481 e. The van der Waals surface area contributed by atoms with Gasteiger partial charge in [0.05, 0.1) is 25.1 Å². The normalized spacial score (nSPS) is 25.0. The number of benzene rings is 1. The Labute approximate surface area is 238 Å². The lowest BCUT2D eigenvalue weighted by Crippen LogP contribution is -2.56. The molecule has 11 heteroatoms. The van der Waals surface area contributed by atoms with Crippen molar-refractivity contribution >= 4 is 28.8 Å². The number of hydrogen-bond donors (Lipinski definition) is 5. The van der Waals surface area contributed by atoms with Gasteiger partial charge in [0, 0.05) is 16.4 Å². The topological polar surface area (TPSA) is 160 Å². The van der Waals surface area contributed by atoms with Crippen molar-refractivity contribution in [2.45, 2.75) is 93.8 Å². The molecule has 0 radical (unpaired) electrons. The number of rotatable bonds is 7. The highest BCUT2D eigenvalue weighted by molar-refractivity contribution is 5.88. The van der Waals surface area contributed by atoms with Gasteiger partial charge in [0.15, 0.2) is 5.60 Å². The van der Waals surface area contributed by atoms with Crippen LogP contribution in [0.5, 0.6) is 0 Å². The number of nitrogens with zero attached hydrogens (tertiary/aromatic N) is 1. The second-order valence-electron chi connectivity index (χ2n) is 12.1. The van der Waals surface area contributed by atoms with Crippen molar-refractivity contribution in [2.75, 3.05) is 20.7 Å². The lowest BCUT2D eigenvalue weighted by Gasteiger charge is -2.54. The molecule has 41 heavy (non-hydrogen) atoms. The first-order chi connectivity index (χ1) is 19.3. The zero-order valence-corrected chi connectivity index (χ0v) is 23.7. The van der Waals surface area contributed by atoms with Crippen LogP contribution in [0, 0.1) is 11.7 Å². The van der Waals surface area contributed by atoms with Crippen LogP contribution in [0.2, 0.25) is 0 Å². The Balaban J connectivity index is 0.000000254. The predicted octanol–water partition coefficient (Wildman–Crippen LogP) is 4.28. The van der Waals surface area contributed by atoms with E-state index in [1.807, 2.05) is 6.07 Å². The molecule has 2 aromatic rings. The van der Waals surface area contributed by atoms with Crippen LogP contribution < -0.4 is 0 Å². The quantitative estimate of drug-likeness (QED) is 0.324. The van der Waals surface area contributed by atoms with Gasteiger partial charge in [0.2, 0.25) is 0 Å². The zero-order chi connectivity index (χ0) is 30.0. The van der Waals surface area contributed by atoms with E-state index in [-0.39, 0.29) is 11.4 Å². The summed E-state index contributed by atoms with van der Waals surface area (Å²) in [5.41, 5.74) is 0.929. The number of ether oxygens (including phenoxy) is 1. The van der Waals surface area contributed by atoms with Crippen molar-refractivity contribution in [1.82, 2.24) is 9.88 Å². The highest BCUT2D eigenvalue weighted by atomic mass is 19.1. The van der Waals surface area contributed by atoms with Crippen LogP contribution in [0.25, 0.3) is 10.9 Å². The van der Waals surface area contributed by atoms with E-state index in [9.17, 15) is 18.8 Å². The molecule has 0 saturated heterocycles. The summed E-state index contributed by atoms with van der Waals surface area (Å²) in [4.78, 5) is 36.6. The van der Waals surface area contributed by atoms with Crippen LogP contribution in [0.4, 0.5) is 4.39 Å². The fourth-order valence-corrected chi connectivity index (χ4v) is 7.34. The van der Waals surface area contributed by atoms with E-state index in [1.165, 1.54) is 56.2 Å². The first kappa shape index (κ1) is 30.9. The number of carboxylic acids is 3. The predicted molar refractivity (Wildman–Crippen MR) is 148 cm³/mol. The van der Waals surface area contributed by atoms with Crippen LogP contribution in [0.1, 0.15) is 81.9 Å². The molecular formula is C30H41FN2O8. The van der Waals surface area contributed by atoms with Gasteiger partial charge in [-0.2, -0.15) is 0 Å². The third-order valence-corrected chi connectivity index (χ3v) is 9.52. The number of fused-ring (bicyclic) bond motifs is 4. The number of aromatic nitrogens is 1. The summed E-state index contributed by atoms with van der Waals surface area (Å²) in [6.45, 7) is 0.745. The second kappa shape index (κ2) is 12.1. The van der Waals surface area contributed by atoms with Crippen LogP contribution >= 0.6 is 0 Å². The molecule has 5 rings (SSSR count). The molecule has 0 amide bonds. The Bertz CT molecular complexity index is 1260. The maximum Gasteiger partial charge on any atom is 0.336 e. The minimum atomic E-state index is -2.74. The van der Waals surface area contributed by atoms with Gasteiger partial charge in [0.1, 0.15) is 11.4 Å².